The molecule has 2 aliphatic rings. The van der Waals surface area contributed by atoms with E-state index in [2.05, 4.69) is 34.2 Å². The highest BCUT2D eigenvalue weighted by molar-refractivity contribution is 5.92. The molecule has 2 aliphatic heterocycles. The lowest BCUT2D eigenvalue weighted by atomic mass is 10.0. The molecule has 0 saturated carbocycles. The van der Waals surface area contributed by atoms with Gasteiger partial charge in [0.15, 0.2) is 0 Å². The monoisotopic (exact) mass is 315 g/mol. The van der Waals surface area contributed by atoms with Gasteiger partial charge in [-0.15, -0.1) is 0 Å². The molecule has 126 valence electrons. The maximum Gasteiger partial charge on any atom is 0.238 e. The van der Waals surface area contributed by atoms with Crippen molar-refractivity contribution in [2.75, 3.05) is 36.4 Å². The Labute approximate surface area is 139 Å². The molecule has 3 rings (SSSR count). The number of hydrogen-bond donors (Lipinski definition) is 1. The first-order valence-corrected chi connectivity index (χ1v) is 9.11. The van der Waals surface area contributed by atoms with Crippen LogP contribution in [0.3, 0.4) is 0 Å². The fourth-order valence-corrected chi connectivity index (χ4v) is 3.69. The van der Waals surface area contributed by atoms with Crippen molar-refractivity contribution in [3.05, 3.63) is 24.3 Å². The summed E-state index contributed by atoms with van der Waals surface area (Å²) in [6.45, 7) is 6.08. The van der Waals surface area contributed by atoms with Gasteiger partial charge in [0.2, 0.25) is 5.91 Å². The van der Waals surface area contributed by atoms with E-state index in [0.29, 0.717) is 12.6 Å². The van der Waals surface area contributed by atoms with Crippen molar-refractivity contribution >= 4 is 17.3 Å². The van der Waals surface area contributed by atoms with Gasteiger partial charge >= 0.3 is 0 Å². The first-order chi connectivity index (χ1) is 11.2. The van der Waals surface area contributed by atoms with E-state index in [9.17, 15) is 4.79 Å². The lowest BCUT2D eigenvalue weighted by Crippen LogP contribution is -2.42. The summed E-state index contributed by atoms with van der Waals surface area (Å²) in [5, 5.41) is 3.04. The molecule has 1 atom stereocenters. The van der Waals surface area contributed by atoms with Gasteiger partial charge in [0.25, 0.3) is 0 Å². The largest absolute Gasteiger partial charge is 0.372 e. The van der Waals surface area contributed by atoms with E-state index >= 15 is 0 Å². The zero-order chi connectivity index (χ0) is 16.1. The first-order valence-electron chi connectivity index (χ1n) is 9.11. The number of anilines is 2. The number of rotatable bonds is 4. The maximum atomic E-state index is 12.2. The van der Waals surface area contributed by atoms with Crippen molar-refractivity contribution in [3.63, 3.8) is 0 Å². The summed E-state index contributed by atoms with van der Waals surface area (Å²) >= 11 is 0. The number of amides is 1. The van der Waals surface area contributed by atoms with E-state index in [1.54, 1.807) is 0 Å². The van der Waals surface area contributed by atoms with Gasteiger partial charge in [-0.3, -0.25) is 9.69 Å². The Kier molecular flexibility index (Phi) is 5.55. The summed E-state index contributed by atoms with van der Waals surface area (Å²) in [5.74, 6) is 0.101. The molecule has 0 spiro atoms. The molecular weight excluding hydrogens is 286 g/mol. The lowest BCUT2D eigenvalue weighted by Gasteiger charge is -2.32. The fraction of sp³-hybridized carbons (Fsp3) is 0.632. The molecule has 0 bridgehead atoms. The minimum absolute atomic E-state index is 0.101. The molecule has 0 aromatic heterocycles. The van der Waals surface area contributed by atoms with Crippen LogP contribution in [-0.2, 0) is 4.79 Å². The van der Waals surface area contributed by atoms with Crippen LogP contribution < -0.4 is 10.2 Å². The zero-order valence-corrected chi connectivity index (χ0v) is 14.3. The van der Waals surface area contributed by atoms with E-state index in [4.69, 9.17) is 0 Å². The Morgan fingerprint density at radius 3 is 2.43 bits per heavy atom. The van der Waals surface area contributed by atoms with Gasteiger partial charge in [0.1, 0.15) is 0 Å². The molecule has 1 aromatic rings. The number of carbonyl (C=O) groups is 1. The topological polar surface area (TPSA) is 35.6 Å². The minimum Gasteiger partial charge on any atom is -0.372 e. The van der Waals surface area contributed by atoms with Crippen LogP contribution in [0.5, 0.6) is 0 Å². The van der Waals surface area contributed by atoms with Crippen molar-refractivity contribution in [1.29, 1.82) is 0 Å². The third-order valence-corrected chi connectivity index (χ3v) is 5.16. The van der Waals surface area contributed by atoms with Gasteiger partial charge in [-0.25, -0.2) is 0 Å². The summed E-state index contributed by atoms with van der Waals surface area (Å²) in [7, 11) is 0. The van der Waals surface area contributed by atoms with Crippen molar-refractivity contribution in [2.45, 2.75) is 51.5 Å². The van der Waals surface area contributed by atoms with Crippen LogP contribution in [-0.4, -0.2) is 43.0 Å². The Morgan fingerprint density at radius 2 is 1.74 bits per heavy atom. The Bertz CT molecular complexity index is 508. The molecule has 2 fully saturated rings. The summed E-state index contributed by atoms with van der Waals surface area (Å²) in [6.07, 6.45) is 7.62. The number of carbonyl (C=O) groups excluding carboxylic acids is 1. The van der Waals surface area contributed by atoms with Crippen LogP contribution in [0.4, 0.5) is 11.4 Å². The highest BCUT2D eigenvalue weighted by Crippen LogP contribution is 2.22. The summed E-state index contributed by atoms with van der Waals surface area (Å²) in [4.78, 5) is 17.0. The minimum atomic E-state index is 0.101. The van der Waals surface area contributed by atoms with Crippen LogP contribution in [0, 0.1) is 0 Å². The van der Waals surface area contributed by atoms with Gasteiger partial charge in [0.05, 0.1) is 6.54 Å². The Hall–Kier alpha value is -1.55. The summed E-state index contributed by atoms with van der Waals surface area (Å²) in [6, 6.07) is 8.84. The van der Waals surface area contributed by atoms with Crippen LogP contribution >= 0.6 is 0 Å². The molecule has 2 heterocycles. The molecule has 4 heteroatoms. The summed E-state index contributed by atoms with van der Waals surface area (Å²) in [5.41, 5.74) is 2.17. The van der Waals surface area contributed by atoms with Crippen LogP contribution in [0.2, 0.25) is 0 Å². The van der Waals surface area contributed by atoms with Gasteiger partial charge in [0, 0.05) is 30.5 Å². The summed E-state index contributed by atoms with van der Waals surface area (Å²) < 4.78 is 0. The van der Waals surface area contributed by atoms with Crippen LogP contribution in [0.15, 0.2) is 24.3 Å². The third-order valence-electron chi connectivity index (χ3n) is 5.16. The molecule has 23 heavy (non-hydrogen) atoms. The van der Waals surface area contributed by atoms with E-state index in [1.807, 2.05) is 12.1 Å². The molecule has 0 radical (unpaired) electrons. The van der Waals surface area contributed by atoms with Crippen molar-refractivity contribution in [1.82, 2.24) is 4.90 Å². The van der Waals surface area contributed by atoms with Crippen LogP contribution in [0.1, 0.15) is 45.4 Å². The standard InChI is InChI=1S/C19H29N3O/c1-16-7-3-6-14-22(16)15-19(23)20-17-8-10-18(11-9-17)21-12-4-2-5-13-21/h8-11,16H,2-7,12-15H2,1H3,(H,20,23)/t16-/m1/s1. The van der Waals surface area contributed by atoms with Crippen molar-refractivity contribution < 1.29 is 4.79 Å². The van der Waals surface area contributed by atoms with Gasteiger partial charge < -0.3 is 10.2 Å². The SMILES string of the molecule is C[C@@H]1CCCCN1CC(=O)Nc1ccc(N2CCCCC2)cc1. The molecule has 1 amide bonds. The predicted molar refractivity (Wildman–Crippen MR) is 96.0 cm³/mol. The molecule has 2 saturated heterocycles. The molecule has 0 aliphatic carbocycles. The van der Waals surface area contributed by atoms with Crippen molar-refractivity contribution in [3.8, 4) is 0 Å². The average molecular weight is 315 g/mol. The molecule has 1 aromatic carbocycles. The predicted octanol–water partition coefficient (Wildman–Crippen LogP) is 3.49. The number of nitrogens with one attached hydrogen (secondary N) is 1. The third kappa shape index (κ3) is 4.47. The second kappa shape index (κ2) is 7.82. The fourth-order valence-electron chi connectivity index (χ4n) is 3.69. The number of nitrogens with zero attached hydrogens (tertiary/aromatic N) is 2. The average Bonchev–Trinajstić information content (AvgIpc) is 2.58. The quantitative estimate of drug-likeness (QED) is 0.924. The second-order valence-corrected chi connectivity index (χ2v) is 6.96. The van der Waals surface area contributed by atoms with E-state index in [0.717, 1.165) is 25.3 Å². The second-order valence-electron chi connectivity index (χ2n) is 6.96. The maximum absolute atomic E-state index is 12.2. The normalized spacial score (nSPS) is 22.8. The van der Waals surface area contributed by atoms with Gasteiger partial charge in [-0.05, 0) is 69.8 Å². The number of benzene rings is 1. The molecular formula is C19H29N3O. The zero-order valence-electron chi connectivity index (χ0n) is 14.3. The smallest absolute Gasteiger partial charge is 0.238 e. The number of piperidine rings is 2. The lowest BCUT2D eigenvalue weighted by molar-refractivity contribution is -0.118. The van der Waals surface area contributed by atoms with E-state index in [-0.39, 0.29) is 5.91 Å². The van der Waals surface area contributed by atoms with Gasteiger partial charge in [-0.2, -0.15) is 0 Å². The number of hydrogen-bond acceptors (Lipinski definition) is 3. The van der Waals surface area contributed by atoms with Gasteiger partial charge in [-0.1, -0.05) is 6.42 Å². The Balaban J connectivity index is 1.52. The highest BCUT2D eigenvalue weighted by atomic mass is 16.2. The van der Waals surface area contributed by atoms with Crippen molar-refractivity contribution in [2.24, 2.45) is 0 Å². The highest BCUT2D eigenvalue weighted by Gasteiger charge is 2.20. The molecule has 0 unspecified atom stereocenters. The van der Waals surface area contributed by atoms with E-state index < -0.39 is 0 Å². The van der Waals surface area contributed by atoms with Crippen LogP contribution in [0.25, 0.3) is 0 Å². The Morgan fingerprint density at radius 1 is 1.04 bits per heavy atom. The van der Waals surface area contributed by atoms with E-state index in [1.165, 1.54) is 44.2 Å². The molecule has 1 N–H and O–H groups in total. The number of likely N-dealkylation sites (tertiary alicyclic amines) is 1. The molecule has 4 nitrogen and oxygen atoms in total. The first kappa shape index (κ1) is 16.3.